The monoisotopic (exact) mass is 450 g/mol. The second-order valence-electron chi connectivity index (χ2n) is 7.65. The number of rotatable bonds is 7. The van der Waals surface area contributed by atoms with Gasteiger partial charge in [-0.2, -0.15) is 0 Å². The number of carbonyl (C=O) groups is 1. The number of aromatic nitrogens is 4. The smallest absolute Gasteiger partial charge is 0.280 e. The van der Waals surface area contributed by atoms with Crippen molar-refractivity contribution in [1.82, 2.24) is 20.0 Å². The number of hydrogen-bond donors (Lipinski definition) is 2. The minimum Gasteiger partial charge on any atom is -0.491 e. The number of ether oxygens (including phenoxy) is 1. The van der Waals surface area contributed by atoms with E-state index in [4.69, 9.17) is 14.9 Å². The lowest BCUT2D eigenvalue weighted by Gasteiger charge is -2.09. The summed E-state index contributed by atoms with van der Waals surface area (Å²) in [6.45, 7) is 5.89. The van der Waals surface area contributed by atoms with E-state index in [1.54, 1.807) is 6.92 Å². The summed E-state index contributed by atoms with van der Waals surface area (Å²) in [5.74, 6) is 0.936. The van der Waals surface area contributed by atoms with E-state index in [0.717, 1.165) is 11.3 Å². The summed E-state index contributed by atoms with van der Waals surface area (Å²) in [6, 6.07) is 12.8. The third kappa shape index (κ3) is 5.00. The zero-order chi connectivity index (χ0) is 23.5. The Kier molecular flexibility index (Phi) is 6.07. The molecule has 0 fully saturated rings. The van der Waals surface area contributed by atoms with Gasteiger partial charge >= 0.3 is 0 Å². The summed E-state index contributed by atoms with van der Waals surface area (Å²) in [5, 5.41) is 10.5. The van der Waals surface area contributed by atoms with E-state index in [1.807, 2.05) is 38.1 Å². The summed E-state index contributed by atoms with van der Waals surface area (Å²) in [5.41, 5.74) is 7.88. The number of amides is 1. The van der Waals surface area contributed by atoms with Crippen molar-refractivity contribution in [2.24, 2.45) is 0 Å². The number of nitrogens with one attached hydrogen (secondary N) is 1. The van der Waals surface area contributed by atoms with E-state index in [1.165, 1.54) is 28.9 Å². The first-order chi connectivity index (χ1) is 15.8. The molecule has 2 aromatic carbocycles. The Morgan fingerprint density at radius 2 is 1.88 bits per heavy atom. The van der Waals surface area contributed by atoms with E-state index in [2.05, 4.69) is 20.6 Å². The fourth-order valence-electron chi connectivity index (χ4n) is 3.11. The van der Waals surface area contributed by atoms with Gasteiger partial charge in [0.2, 0.25) is 5.89 Å². The van der Waals surface area contributed by atoms with Gasteiger partial charge in [-0.05, 0) is 69.3 Å². The molecule has 3 N–H and O–H groups in total. The molecule has 0 saturated heterocycles. The summed E-state index contributed by atoms with van der Waals surface area (Å²) in [6.07, 6.45) is 0.0854. The fraction of sp³-hybridized carbons (Fsp3) is 0.217. The molecule has 9 nitrogen and oxygen atoms in total. The normalized spacial score (nSPS) is 11.1. The lowest BCUT2D eigenvalue weighted by Crippen LogP contribution is -2.15. The molecule has 0 aliphatic rings. The maximum Gasteiger partial charge on any atom is 0.280 e. The van der Waals surface area contributed by atoms with Gasteiger partial charge in [-0.1, -0.05) is 5.21 Å². The van der Waals surface area contributed by atoms with E-state index in [0.29, 0.717) is 23.0 Å². The van der Waals surface area contributed by atoms with Gasteiger partial charge < -0.3 is 20.2 Å². The molecule has 0 bridgehead atoms. The average molecular weight is 450 g/mol. The zero-order valence-electron chi connectivity index (χ0n) is 18.4. The number of aryl methyl sites for hydroxylation is 1. The number of anilines is 2. The van der Waals surface area contributed by atoms with Crippen LogP contribution in [-0.2, 0) is 6.54 Å². The van der Waals surface area contributed by atoms with E-state index in [9.17, 15) is 9.18 Å². The Labute approximate surface area is 189 Å². The van der Waals surface area contributed by atoms with Crippen molar-refractivity contribution in [3.05, 3.63) is 71.5 Å². The van der Waals surface area contributed by atoms with Crippen LogP contribution in [0.1, 0.15) is 35.8 Å². The van der Waals surface area contributed by atoms with E-state index < -0.39 is 11.7 Å². The number of carbonyl (C=O) groups excluding carboxylic acids is 1. The minimum absolute atomic E-state index is 0.0403. The van der Waals surface area contributed by atoms with Crippen molar-refractivity contribution in [3.63, 3.8) is 0 Å². The largest absolute Gasteiger partial charge is 0.491 e. The Hall–Kier alpha value is -4.21. The van der Waals surface area contributed by atoms with Crippen molar-refractivity contribution in [2.45, 2.75) is 33.4 Å². The van der Waals surface area contributed by atoms with Crippen LogP contribution in [0.2, 0.25) is 0 Å². The van der Waals surface area contributed by atoms with Crippen LogP contribution in [0.15, 0.2) is 52.9 Å². The van der Waals surface area contributed by atoms with Gasteiger partial charge in [0.15, 0.2) is 11.5 Å². The van der Waals surface area contributed by atoms with Crippen molar-refractivity contribution in [1.29, 1.82) is 0 Å². The molecule has 0 saturated carbocycles. The Bertz CT molecular complexity index is 1260. The van der Waals surface area contributed by atoms with Crippen LogP contribution in [0.3, 0.4) is 0 Å². The van der Waals surface area contributed by atoms with Gasteiger partial charge in [0.05, 0.1) is 12.6 Å². The number of nitrogen functional groups attached to an aromatic ring is 1. The highest BCUT2D eigenvalue weighted by Crippen LogP contribution is 2.25. The number of hydrogen-bond acceptors (Lipinski definition) is 7. The number of nitrogens with zero attached hydrogens (tertiary/aromatic N) is 4. The standard InChI is InChI=1S/C23H23FN6O3/c1-13(2)32-18-10-4-15(5-11-18)23-27-19(14(3)33-23)12-30-21(25)20(28-29-30)22(31)26-17-8-6-16(24)7-9-17/h4-11,13H,12,25H2,1-3H3,(H,26,31). The molecule has 1 amide bonds. The van der Waals surface area contributed by atoms with E-state index in [-0.39, 0.29) is 24.2 Å². The van der Waals surface area contributed by atoms with Crippen LogP contribution >= 0.6 is 0 Å². The zero-order valence-corrected chi connectivity index (χ0v) is 18.4. The number of halogens is 1. The molecule has 4 rings (SSSR count). The average Bonchev–Trinajstić information content (AvgIpc) is 3.33. The van der Waals surface area contributed by atoms with Gasteiger partial charge in [0, 0.05) is 11.3 Å². The summed E-state index contributed by atoms with van der Waals surface area (Å²) in [4.78, 5) is 17.0. The van der Waals surface area contributed by atoms with Crippen LogP contribution < -0.4 is 15.8 Å². The van der Waals surface area contributed by atoms with Gasteiger partial charge in [0.25, 0.3) is 5.91 Å². The molecular weight excluding hydrogens is 427 g/mol. The second-order valence-corrected chi connectivity index (χ2v) is 7.65. The molecular formula is C23H23FN6O3. The highest BCUT2D eigenvalue weighted by Gasteiger charge is 2.20. The lowest BCUT2D eigenvalue weighted by molar-refractivity contribution is 0.102. The van der Waals surface area contributed by atoms with Gasteiger partial charge in [-0.25, -0.2) is 14.1 Å². The predicted octanol–water partition coefficient (Wildman–Crippen LogP) is 4.05. The van der Waals surface area contributed by atoms with Crippen LogP contribution in [-0.4, -0.2) is 32.0 Å². The molecule has 0 aliphatic heterocycles. The maximum absolute atomic E-state index is 13.0. The topological polar surface area (TPSA) is 121 Å². The van der Waals surface area contributed by atoms with Crippen LogP contribution in [0.4, 0.5) is 15.9 Å². The molecule has 0 spiro atoms. The summed E-state index contributed by atoms with van der Waals surface area (Å²) in [7, 11) is 0. The first-order valence-corrected chi connectivity index (χ1v) is 10.3. The molecule has 4 aromatic rings. The highest BCUT2D eigenvalue weighted by molar-refractivity contribution is 6.05. The minimum atomic E-state index is -0.549. The highest BCUT2D eigenvalue weighted by atomic mass is 19.1. The van der Waals surface area contributed by atoms with Crippen LogP contribution in [0.25, 0.3) is 11.5 Å². The van der Waals surface area contributed by atoms with Gasteiger partial charge in [-0.15, -0.1) is 5.10 Å². The molecule has 2 heterocycles. The molecule has 0 aliphatic carbocycles. The molecule has 0 atom stereocenters. The molecule has 0 radical (unpaired) electrons. The third-order valence-corrected chi connectivity index (χ3v) is 4.76. The van der Waals surface area contributed by atoms with Gasteiger partial charge in [0.1, 0.15) is 23.0 Å². The second kappa shape index (κ2) is 9.11. The van der Waals surface area contributed by atoms with Crippen LogP contribution in [0.5, 0.6) is 5.75 Å². The quantitative estimate of drug-likeness (QED) is 0.436. The Balaban J connectivity index is 1.48. The molecule has 33 heavy (non-hydrogen) atoms. The molecule has 10 heteroatoms. The molecule has 0 unspecified atom stereocenters. The first kappa shape index (κ1) is 22.0. The van der Waals surface area contributed by atoms with Crippen molar-refractivity contribution < 1.29 is 18.3 Å². The van der Waals surface area contributed by atoms with Gasteiger partial charge in [-0.3, -0.25) is 4.79 Å². The maximum atomic E-state index is 13.0. The van der Waals surface area contributed by atoms with E-state index >= 15 is 0 Å². The third-order valence-electron chi connectivity index (χ3n) is 4.76. The van der Waals surface area contributed by atoms with Crippen molar-refractivity contribution in [3.8, 4) is 17.2 Å². The molecule has 2 aromatic heterocycles. The van der Waals surface area contributed by atoms with Crippen molar-refractivity contribution >= 4 is 17.4 Å². The van der Waals surface area contributed by atoms with Crippen molar-refractivity contribution in [2.75, 3.05) is 11.1 Å². The predicted molar refractivity (Wildman–Crippen MR) is 120 cm³/mol. The Morgan fingerprint density at radius 1 is 1.18 bits per heavy atom. The fourth-order valence-corrected chi connectivity index (χ4v) is 3.11. The lowest BCUT2D eigenvalue weighted by atomic mass is 10.2. The van der Waals surface area contributed by atoms with Crippen LogP contribution in [0, 0.1) is 12.7 Å². The first-order valence-electron chi connectivity index (χ1n) is 10.3. The summed E-state index contributed by atoms with van der Waals surface area (Å²) < 4.78 is 25.9. The summed E-state index contributed by atoms with van der Waals surface area (Å²) >= 11 is 0. The number of oxazole rings is 1. The number of benzene rings is 2. The number of nitrogens with two attached hydrogens (primary N) is 1. The SMILES string of the molecule is Cc1oc(-c2ccc(OC(C)C)cc2)nc1Cn1nnc(C(=O)Nc2ccc(F)cc2)c1N. The molecule has 170 valence electrons. The Morgan fingerprint density at radius 3 is 2.55 bits per heavy atom.